The van der Waals surface area contributed by atoms with Crippen LogP contribution in [0.25, 0.3) is 0 Å². The Kier molecular flexibility index (Phi) is 5.83. The van der Waals surface area contributed by atoms with Gasteiger partial charge in [-0.3, -0.25) is 9.69 Å². The van der Waals surface area contributed by atoms with Crippen molar-refractivity contribution in [2.24, 2.45) is 0 Å². The Hall–Kier alpha value is -1.79. The first-order valence-corrected chi connectivity index (χ1v) is 7.11. The van der Waals surface area contributed by atoms with Crippen molar-refractivity contribution in [1.29, 1.82) is 0 Å². The molecule has 0 saturated carbocycles. The fourth-order valence-corrected chi connectivity index (χ4v) is 2.21. The van der Waals surface area contributed by atoms with Crippen molar-refractivity contribution >= 4 is 5.97 Å². The highest BCUT2D eigenvalue weighted by Gasteiger charge is 2.28. The summed E-state index contributed by atoms with van der Waals surface area (Å²) in [6, 6.07) is 6.82. The number of rotatable bonds is 7. The van der Waals surface area contributed by atoms with Gasteiger partial charge in [0.05, 0.1) is 19.8 Å². The molecule has 0 spiro atoms. The lowest BCUT2D eigenvalue weighted by Gasteiger charge is -2.32. The van der Waals surface area contributed by atoms with E-state index >= 15 is 0 Å². The van der Waals surface area contributed by atoms with E-state index in [-0.39, 0.29) is 6.61 Å². The first-order valence-electron chi connectivity index (χ1n) is 7.11. The minimum Gasteiger partial charge on any atom is -0.494 e. The van der Waals surface area contributed by atoms with Crippen LogP contribution in [0.15, 0.2) is 24.3 Å². The maximum Gasteiger partial charge on any atom is 0.323 e. The number of morpholine rings is 1. The number of hydrogen-bond acceptors (Lipinski definition) is 5. The number of nitrogens with zero attached hydrogens (tertiary/aromatic N) is 1. The fraction of sp³-hybridized carbons (Fsp3) is 0.533. The van der Waals surface area contributed by atoms with Crippen LogP contribution in [0.4, 0.5) is 0 Å². The van der Waals surface area contributed by atoms with Gasteiger partial charge in [-0.15, -0.1) is 0 Å². The molecule has 1 aliphatic heterocycles. The molecule has 0 amide bonds. The van der Waals surface area contributed by atoms with Crippen molar-refractivity contribution in [1.82, 2.24) is 4.90 Å². The normalized spacial score (nSPS) is 19.2. The van der Waals surface area contributed by atoms with Crippen LogP contribution in [0, 0.1) is 0 Å². The molecule has 116 valence electrons. The average Bonchev–Trinajstić information content (AvgIpc) is 2.50. The second-order valence-corrected chi connectivity index (χ2v) is 4.72. The highest BCUT2D eigenvalue weighted by atomic mass is 16.5. The predicted octanol–water partition coefficient (Wildman–Crippen LogP) is 1.25. The molecule has 0 aliphatic carbocycles. The van der Waals surface area contributed by atoms with E-state index in [1.54, 1.807) is 0 Å². The third-order valence-corrected chi connectivity index (χ3v) is 3.31. The van der Waals surface area contributed by atoms with Gasteiger partial charge in [0.25, 0.3) is 0 Å². The van der Waals surface area contributed by atoms with Gasteiger partial charge in [-0.05, 0) is 31.2 Å². The molecule has 1 aromatic rings. The van der Waals surface area contributed by atoms with Crippen LogP contribution >= 0.6 is 0 Å². The van der Waals surface area contributed by atoms with Crippen molar-refractivity contribution in [2.75, 3.05) is 39.5 Å². The molecule has 21 heavy (non-hydrogen) atoms. The highest BCUT2D eigenvalue weighted by Crippen LogP contribution is 2.17. The smallest absolute Gasteiger partial charge is 0.323 e. The first kappa shape index (κ1) is 15.6. The molecule has 6 nitrogen and oxygen atoms in total. The monoisotopic (exact) mass is 295 g/mol. The topological polar surface area (TPSA) is 68.2 Å². The van der Waals surface area contributed by atoms with E-state index in [0.29, 0.717) is 32.9 Å². The van der Waals surface area contributed by atoms with Crippen LogP contribution in [-0.4, -0.2) is 61.5 Å². The van der Waals surface area contributed by atoms with Crippen LogP contribution in [0.2, 0.25) is 0 Å². The molecule has 0 bridgehead atoms. The van der Waals surface area contributed by atoms with E-state index in [9.17, 15) is 4.79 Å². The van der Waals surface area contributed by atoms with E-state index < -0.39 is 12.0 Å². The van der Waals surface area contributed by atoms with Crippen molar-refractivity contribution < 1.29 is 24.1 Å². The molecule has 1 N–H and O–H groups in total. The summed E-state index contributed by atoms with van der Waals surface area (Å²) in [5.74, 6) is 0.707. The molecular weight excluding hydrogens is 274 g/mol. The van der Waals surface area contributed by atoms with Crippen LogP contribution < -0.4 is 9.47 Å². The van der Waals surface area contributed by atoms with Gasteiger partial charge < -0.3 is 19.3 Å². The Morgan fingerprint density at radius 3 is 2.62 bits per heavy atom. The van der Waals surface area contributed by atoms with Gasteiger partial charge in [-0.1, -0.05) is 0 Å². The number of hydrogen-bond donors (Lipinski definition) is 1. The number of benzene rings is 1. The van der Waals surface area contributed by atoms with Gasteiger partial charge >= 0.3 is 5.97 Å². The molecule has 1 atom stereocenters. The molecule has 2 rings (SSSR count). The van der Waals surface area contributed by atoms with Crippen molar-refractivity contribution in [3.05, 3.63) is 24.3 Å². The number of carbonyl (C=O) groups is 1. The lowest BCUT2D eigenvalue weighted by atomic mass is 10.2. The fourth-order valence-electron chi connectivity index (χ4n) is 2.21. The van der Waals surface area contributed by atoms with Crippen LogP contribution in [0.3, 0.4) is 0 Å². The maximum atomic E-state index is 11.1. The van der Waals surface area contributed by atoms with E-state index in [4.69, 9.17) is 19.3 Å². The van der Waals surface area contributed by atoms with Crippen LogP contribution in [0.5, 0.6) is 11.5 Å². The molecule has 0 aromatic heterocycles. The molecule has 1 unspecified atom stereocenters. The number of aliphatic carboxylic acids is 1. The lowest BCUT2D eigenvalue weighted by Crippen LogP contribution is -2.51. The summed E-state index contributed by atoms with van der Waals surface area (Å²) in [5, 5.41) is 9.13. The molecule has 1 aromatic carbocycles. The third kappa shape index (κ3) is 4.61. The summed E-state index contributed by atoms with van der Waals surface area (Å²) in [4.78, 5) is 13.0. The van der Waals surface area contributed by atoms with Gasteiger partial charge in [0.15, 0.2) is 0 Å². The second-order valence-electron chi connectivity index (χ2n) is 4.72. The average molecular weight is 295 g/mol. The SMILES string of the molecule is CCOc1ccc(OCCN2CCOCC2C(=O)O)cc1. The molecule has 1 fully saturated rings. The van der Waals surface area contributed by atoms with E-state index in [0.717, 1.165) is 11.5 Å². The number of ether oxygens (including phenoxy) is 3. The Morgan fingerprint density at radius 1 is 1.33 bits per heavy atom. The summed E-state index contributed by atoms with van der Waals surface area (Å²) < 4.78 is 16.2. The molecule has 1 saturated heterocycles. The summed E-state index contributed by atoms with van der Waals surface area (Å²) in [6.07, 6.45) is 0. The number of carboxylic acids is 1. The Balaban J connectivity index is 1.78. The minimum atomic E-state index is -0.851. The van der Waals surface area contributed by atoms with E-state index in [2.05, 4.69) is 0 Å². The van der Waals surface area contributed by atoms with Gasteiger partial charge in [0, 0.05) is 13.1 Å². The van der Waals surface area contributed by atoms with Crippen molar-refractivity contribution in [2.45, 2.75) is 13.0 Å². The lowest BCUT2D eigenvalue weighted by molar-refractivity contribution is -0.149. The van der Waals surface area contributed by atoms with Crippen molar-refractivity contribution in [3.8, 4) is 11.5 Å². The Bertz CT molecular complexity index is 448. The summed E-state index contributed by atoms with van der Waals surface area (Å²) in [5.41, 5.74) is 0. The predicted molar refractivity (Wildman–Crippen MR) is 76.9 cm³/mol. The Morgan fingerprint density at radius 2 is 2.00 bits per heavy atom. The minimum absolute atomic E-state index is 0.235. The largest absolute Gasteiger partial charge is 0.494 e. The summed E-state index contributed by atoms with van der Waals surface area (Å²) >= 11 is 0. The first-order chi connectivity index (χ1) is 10.2. The third-order valence-electron chi connectivity index (χ3n) is 3.31. The van der Waals surface area contributed by atoms with Crippen molar-refractivity contribution in [3.63, 3.8) is 0 Å². The quantitative estimate of drug-likeness (QED) is 0.816. The molecule has 0 radical (unpaired) electrons. The van der Waals surface area contributed by atoms with Gasteiger partial charge in [0.1, 0.15) is 24.1 Å². The summed E-state index contributed by atoms with van der Waals surface area (Å²) in [7, 11) is 0. The molecular formula is C15H21NO5. The zero-order chi connectivity index (χ0) is 15.1. The molecule has 1 aliphatic rings. The molecule has 1 heterocycles. The zero-order valence-electron chi connectivity index (χ0n) is 12.2. The molecule has 6 heteroatoms. The highest BCUT2D eigenvalue weighted by molar-refractivity contribution is 5.73. The zero-order valence-corrected chi connectivity index (χ0v) is 12.2. The van der Waals surface area contributed by atoms with Gasteiger partial charge in [0.2, 0.25) is 0 Å². The second kappa shape index (κ2) is 7.85. The van der Waals surface area contributed by atoms with Crippen LogP contribution in [-0.2, 0) is 9.53 Å². The van der Waals surface area contributed by atoms with Gasteiger partial charge in [-0.2, -0.15) is 0 Å². The van der Waals surface area contributed by atoms with E-state index in [1.165, 1.54) is 0 Å². The maximum absolute atomic E-state index is 11.1. The summed E-state index contributed by atoms with van der Waals surface area (Å²) in [6.45, 7) is 4.99. The number of carboxylic acid groups (broad SMARTS) is 1. The van der Waals surface area contributed by atoms with Gasteiger partial charge in [-0.25, -0.2) is 0 Å². The van der Waals surface area contributed by atoms with Crippen LogP contribution in [0.1, 0.15) is 6.92 Å². The standard InChI is InChI=1S/C15H21NO5/c1-2-20-12-3-5-13(6-4-12)21-10-8-16-7-9-19-11-14(16)15(17)18/h3-6,14H,2,7-11H2,1H3,(H,17,18). The van der Waals surface area contributed by atoms with E-state index in [1.807, 2.05) is 36.1 Å². The Labute approximate surface area is 124 Å².